The second kappa shape index (κ2) is 7.73. The average molecular weight is 414 g/mol. The molecule has 1 aliphatic rings. The summed E-state index contributed by atoms with van der Waals surface area (Å²) in [6.07, 6.45) is -4.81. The van der Waals surface area contributed by atoms with Gasteiger partial charge in [-0.2, -0.15) is 13.2 Å². The third-order valence-corrected chi connectivity index (χ3v) is 4.27. The number of ether oxygens (including phenoxy) is 3. The number of rotatable bonds is 3. The van der Waals surface area contributed by atoms with E-state index in [4.69, 9.17) is 27.9 Å². The van der Waals surface area contributed by atoms with Crippen molar-refractivity contribution in [1.29, 1.82) is 0 Å². The molecular formula is C15H12Cl2F3NO5. The van der Waals surface area contributed by atoms with Gasteiger partial charge in [-0.3, -0.25) is 0 Å². The van der Waals surface area contributed by atoms with Gasteiger partial charge in [0, 0.05) is 0 Å². The van der Waals surface area contributed by atoms with Crippen molar-refractivity contribution in [3.8, 4) is 0 Å². The molecule has 0 aromatic heterocycles. The van der Waals surface area contributed by atoms with Crippen LogP contribution in [-0.4, -0.2) is 39.5 Å². The maximum Gasteiger partial charge on any atom is 0.418 e. The van der Waals surface area contributed by atoms with Gasteiger partial charge in [0.15, 0.2) is 0 Å². The second-order valence-corrected chi connectivity index (χ2v) is 5.76. The lowest BCUT2D eigenvalue weighted by molar-refractivity contribution is -0.141. The highest BCUT2D eigenvalue weighted by molar-refractivity contribution is 6.44. The van der Waals surface area contributed by atoms with Crippen LogP contribution in [0.3, 0.4) is 0 Å². The molecule has 1 aromatic carbocycles. The first kappa shape index (κ1) is 20.3. The molecule has 0 aliphatic carbocycles. The van der Waals surface area contributed by atoms with E-state index in [0.717, 1.165) is 25.2 Å². The Hall–Kier alpha value is -1.97. The fraction of sp³-hybridized carbons (Fsp3) is 0.333. The number of nitrogens with zero attached hydrogens (tertiary/aromatic N) is 1. The zero-order chi connectivity index (χ0) is 19.6. The fourth-order valence-electron chi connectivity index (χ4n) is 2.35. The van der Waals surface area contributed by atoms with Crippen LogP contribution in [0.4, 0.5) is 18.9 Å². The van der Waals surface area contributed by atoms with Crippen LogP contribution in [-0.2, 0) is 30.0 Å². The largest absolute Gasteiger partial charge is 0.466 e. The number of hydrogen-bond acceptors (Lipinski definition) is 6. The Labute approximate surface area is 156 Å². The Morgan fingerprint density at radius 2 is 1.77 bits per heavy atom. The van der Waals surface area contributed by atoms with Crippen molar-refractivity contribution in [2.75, 3.05) is 32.5 Å². The van der Waals surface area contributed by atoms with Crippen molar-refractivity contribution in [2.45, 2.75) is 6.18 Å². The number of benzene rings is 1. The number of methoxy groups -OCH3 is 2. The second-order valence-electron chi connectivity index (χ2n) is 4.97. The Bertz CT molecular complexity index is 779. The van der Waals surface area contributed by atoms with Crippen LogP contribution in [0.1, 0.15) is 5.56 Å². The van der Waals surface area contributed by atoms with E-state index in [0.29, 0.717) is 6.07 Å². The zero-order valence-corrected chi connectivity index (χ0v) is 15.0. The van der Waals surface area contributed by atoms with Gasteiger partial charge in [-0.05, 0) is 12.1 Å². The van der Waals surface area contributed by atoms with E-state index in [1.165, 1.54) is 0 Å². The molecule has 11 heteroatoms. The van der Waals surface area contributed by atoms with Crippen molar-refractivity contribution in [2.24, 2.45) is 0 Å². The minimum Gasteiger partial charge on any atom is -0.466 e. The normalized spacial score (nSPS) is 15.1. The first-order valence-corrected chi connectivity index (χ1v) is 7.69. The van der Waals surface area contributed by atoms with Crippen LogP contribution < -0.4 is 4.90 Å². The molecule has 0 fully saturated rings. The van der Waals surface area contributed by atoms with Gasteiger partial charge >= 0.3 is 18.1 Å². The third kappa shape index (κ3) is 3.74. The summed E-state index contributed by atoms with van der Waals surface area (Å²) >= 11 is 11.8. The predicted octanol–water partition coefficient (Wildman–Crippen LogP) is 3.41. The molecule has 0 spiro atoms. The summed E-state index contributed by atoms with van der Waals surface area (Å²) in [6.45, 7) is -0.846. The van der Waals surface area contributed by atoms with E-state index in [9.17, 15) is 22.8 Å². The minimum atomic E-state index is -4.81. The molecule has 0 radical (unpaired) electrons. The lowest BCUT2D eigenvalue weighted by Gasteiger charge is -2.33. The van der Waals surface area contributed by atoms with Gasteiger partial charge in [-0.1, -0.05) is 23.2 Å². The molecule has 0 bridgehead atoms. The SMILES string of the molecule is COC(=O)C1=C(C(=O)OC)N(c2c(C(F)(F)F)ccc(Cl)c2Cl)COC1. The molecular weight excluding hydrogens is 402 g/mol. The fourth-order valence-corrected chi connectivity index (χ4v) is 2.77. The van der Waals surface area contributed by atoms with E-state index < -0.39 is 46.8 Å². The molecule has 142 valence electrons. The standard InChI is InChI=1S/C15H12Cl2F3NO5/c1-24-13(22)7-5-26-6-21(11(7)14(23)25-2)12-8(15(18,19)20)3-4-9(16)10(12)17/h3-4H,5-6H2,1-2H3. The molecule has 0 saturated carbocycles. The molecule has 1 aliphatic heterocycles. The summed E-state index contributed by atoms with van der Waals surface area (Å²) in [5.41, 5.74) is -2.58. The lowest BCUT2D eigenvalue weighted by atomic mass is 10.1. The van der Waals surface area contributed by atoms with Crippen LogP contribution in [0.5, 0.6) is 0 Å². The number of halogens is 5. The Kier molecular flexibility index (Phi) is 6.05. The van der Waals surface area contributed by atoms with E-state index in [2.05, 4.69) is 9.47 Å². The molecule has 0 unspecified atom stereocenters. The van der Waals surface area contributed by atoms with E-state index in [1.807, 2.05) is 0 Å². The van der Waals surface area contributed by atoms with Gasteiger partial charge in [0.1, 0.15) is 12.4 Å². The highest BCUT2D eigenvalue weighted by Gasteiger charge is 2.41. The third-order valence-electron chi connectivity index (χ3n) is 3.48. The van der Waals surface area contributed by atoms with Gasteiger partial charge in [0.05, 0.1) is 47.7 Å². The van der Waals surface area contributed by atoms with Crippen LogP contribution >= 0.6 is 23.2 Å². The molecule has 0 amide bonds. The van der Waals surface area contributed by atoms with Gasteiger partial charge in [-0.15, -0.1) is 0 Å². The van der Waals surface area contributed by atoms with Gasteiger partial charge < -0.3 is 19.1 Å². The number of alkyl halides is 3. The average Bonchev–Trinajstić information content (AvgIpc) is 2.60. The first-order valence-electron chi connectivity index (χ1n) is 6.93. The lowest BCUT2D eigenvalue weighted by Crippen LogP contribution is -2.39. The number of carbonyl (C=O) groups excluding carboxylic acids is 2. The molecule has 1 aromatic rings. The van der Waals surface area contributed by atoms with Gasteiger partial charge in [-0.25, -0.2) is 9.59 Å². The summed E-state index contributed by atoms with van der Waals surface area (Å²) in [6, 6.07) is 1.69. The molecule has 6 nitrogen and oxygen atoms in total. The number of anilines is 1. The van der Waals surface area contributed by atoms with Gasteiger partial charge in [0.2, 0.25) is 0 Å². The van der Waals surface area contributed by atoms with Crippen molar-refractivity contribution in [1.82, 2.24) is 0 Å². The summed E-state index contributed by atoms with van der Waals surface area (Å²) in [5, 5.41) is -0.637. The van der Waals surface area contributed by atoms with Crippen LogP contribution in [0.15, 0.2) is 23.4 Å². The van der Waals surface area contributed by atoms with Crippen LogP contribution in [0.2, 0.25) is 10.0 Å². The molecule has 0 N–H and O–H groups in total. The Morgan fingerprint density at radius 3 is 2.31 bits per heavy atom. The van der Waals surface area contributed by atoms with Crippen molar-refractivity contribution < 1.29 is 37.0 Å². The maximum atomic E-state index is 13.5. The number of esters is 2. The van der Waals surface area contributed by atoms with E-state index in [-0.39, 0.29) is 17.2 Å². The van der Waals surface area contributed by atoms with Crippen molar-refractivity contribution in [3.63, 3.8) is 0 Å². The maximum absolute atomic E-state index is 13.5. The number of hydrogen-bond donors (Lipinski definition) is 0. The minimum absolute atomic E-state index is 0.177. The molecule has 0 atom stereocenters. The van der Waals surface area contributed by atoms with Crippen molar-refractivity contribution in [3.05, 3.63) is 39.0 Å². The van der Waals surface area contributed by atoms with Crippen LogP contribution in [0.25, 0.3) is 0 Å². The Balaban J connectivity index is 2.79. The quantitative estimate of drug-likeness (QED) is 0.707. The summed E-state index contributed by atoms with van der Waals surface area (Å²) in [7, 11) is 2.07. The monoisotopic (exact) mass is 413 g/mol. The molecule has 1 heterocycles. The highest BCUT2D eigenvalue weighted by atomic mass is 35.5. The van der Waals surface area contributed by atoms with E-state index in [1.54, 1.807) is 0 Å². The molecule has 26 heavy (non-hydrogen) atoms. The Morgan fingerprint density at radius 1 is 1.15 bits per heavy atom. The highest BCUT2D eigenvalue weighted by Crippen LogP contribution is 2.45. The summed E-state index contributed by atoms with van der Waals surface area (Å²) < 4.78 is 54.7. The van der Waals surface area contributed by atoms with E-state index >= 15 is 0 Å². The summed E-state index contributed by atoms with van der Waals surface area (Å²) in [5.74, 6) is -2.01. The summed E-state index contributed by atoms with van der Waals surface area (Å²) in [4.78, 5) is 24.9. The number of carbonyl (C=O) groups is 2. The molecule has 0 saturated heterocycles. The topological polar surface area (TPSA) is 65.1 Å². The predicted molar refractivity (Wildman–Crippen MR) is 85.8 cm³/mol. The zero-order valence-electron chi connectivity index (χ0n) is 13.4. The first-order chi connectivity index (χ1) is 12.1. The smallest absolute Gasteiger partial charge is 0.418 e. The van der Waals surface area contributed by atoms with Crippen LogP contribution in [0, 0.1) is 0 Å². The van der Waals surface area contributed by atoms with Gasteiger partial charge in [0.25, 0.3) is 0 Å². The van der Waals surface area contributed by atoms with Crippen molar-refractivity contribution >= 4 is 40.8 Å². The molecule has 2 rings (SSSR count).